The lowest BCUT2D eigenvalue weighted by Gasteiger charge is -2.59. The van der Waals surface area contributed by atoms with E-state index in [-0.39, 0.29) is 13.0 Å². The molecule has 3 atom stereocenters. The van der Waals surface area contributed by atoms with E-state index in [0.29, 0.717) is 6.92 Å². The molecule has 50 heteroatoms. The Morgan fingerprint density at radius 2 is 0.718 bits per heavy atom. The molecule has 0 aliphatic heterocycles. The van der Waals surface area contributed by atoms with Gasteiger partial charge in [0, 0.05) is 12.8 Å². The third kappa shape index (κ3) is 11.1. The van der Waals surface area contributed by atoms with Crippen LogP contribution in [0.5, 0.6) is 0 Å². The highest BCUT2D eigenvalue weighted by atomic mass is 28.4. The predicted molar refractivity (Wildman–Crippen MR) is 187 cm³/mol. The number of allylic oxidation sites excluding steroid dienone is 4. The minimum Gasteiger partial charge on any atom is -0.366 e. The zero-order valence-corrected chi connectivity index (χ0v) is 41.4. The van der Waals surface area contributed by atoms with E-state index in [0.717, 1.165) is 0 Å². The first-order chi connectivity index (χ1) is 36.2. The summed E-state index contributed by atoms with van der Waals surface area (Å²) in [7, 11) is -28.8. The van der Waals surface area contributed by atoms with Crippen LogP contribution >= 0.6 is 0 Å². The van der Waals surface area contributed by atoms with Crippen LogP contribution in [0.4, 0.5) is 202 Å². The normalized spacial score (nSPS) is 18.9. The minimum atomic E-state index is -15.3. The molecule has 0 aliphatic carbocycles. The highest BCUT2D eigenvalue weighted by Gasteiger charge is 3.11. The van der Waals surface area contributed by atoms with Crippen molar-refractivity contribution in [1.29, 1.82) is 0 Å². The Bertz CT molecular complexity index is 2390. The highest BCUT2D eigenvalue weighted by Crippen LogP contribution is 2.78. The van der Waals surface area contributed by atoms with E-state index in [1.807, 2.05) is 0 Å². The summed E-state index contributed by atoms with van der Waals surface area (Å²) in [6.45, 7) is -3.15. The van der Waals surface area contributed by atoms with Gasteiger partial charge >= 0.3 is 123 Å². The summed E-state index contributed by atoms with van der Waals surface area (Å²) >= 11 is 0. The zero-order valence-electron chi connectivity index (χ0n) is 39.4. The molecule has 0 saturated carbocycles. The van der Waals surface area contributed by atoms with Crippen molar-refractivity contribution in [3.8, 4) is 12.3 Å². The lowest BCUT2D eigenvalue weighted by Crippen LogP contribution is -2.96. The van der Waals surface area contributed by atoms with Gasteiger partial charge in [0.05, 0.1) is 0 Å². The number of halogens is 46. The van der Waals surface area contributed by atoms with Gasteiger partial charge < -0.3 is 8.85 Å². The minimum absolute atomic E-state index is 0.306. The SMILES string of the molecule is C#CC/C(C)=C/C(C)=C/CC(F)(O[Si](C(F)(F)F)(C(F)(F)F)C(C(F)(F)F)(C(F)(F)F)C(F)(F)F)C(F)(C(F)(F)F)C(F)(O[Si](C(F)(F)C(F)(F)C(F)(F)C(F)(F)C(F)(F)F)(C(F)(C(F)(F)F)C(F)(F)F)C(F)(C(F)(F)F)C(F)(F)F)/C(C)=C/C. The molecule has 0 amide bonds. The maximum atomic E-state index is 18.1. The second kappa shape index (κ2) is 21.9. The van der Waals surface area contributed by atoms with Gasteiger partial charge in [-0.25, -0.2) is 30.7 Å². The summed E-state index contributed by atoms with van der Waals surface area (Å²) in [5.74, 6) is -70.6. The molecule has 0 aliphatic rings. The highest BCUT2D eigenvalue weighted by molar-refractivity contribution is 6.83. The van der Waals surface area contributed by atoms with Gasteiger partial charge in [0.2, 0.25) is 0 Å². The fraction of sp³-hybridized carbons (Fsp3) is 0.771. The standard InChI is InChI=1S/C35H20F46O2Si2/c1-6-8-12(3)11-13(4)9-10-15(36,82-84(34(76,77)78,35(79,80)81)18(25(50,51)52,26(53,54)55)27(56,57)58)17(38,24(47,48)49)16(37,14(5)7-2)83-85(22(45,29(62,63)64)30(65,66)67,23(46,31(68,69)70)32(71,72)73)33(74,75)21(43,44)19(39,40)20(41,42)28(59,60)61/h1,7,9,11H,8,10H2,2-5H3/b12-11+,13-9+,14-7+. The molecule has 0 heterocycles. The van der Waals surface area contributed by atoms with Crippen LogP contribution in [0.2, 0.25) is 5.04 Å². The first-order valence-electron chi connectivity index (χ1n) is 19.7. The van der Waals surface area contributed by atoms with Crippen molar-refractivity contribution in [2.45, 2.75) is 164 Å². The molecule has 0 radical (unpaired) electrons. The summed E-state index contributed by atoms with van der Waals surface area (Å²) in [4.78, 5) is 0. The van der Waals surface area contributed by atoms with E-state index in [9.17, 15) is 123 Å². The maximum absolute atomic E-state index is 18.1. The maximum Gasteiger partial charge on any atom is 0.469 e. The molecule has 0 bridgehead atoms. The van der Waals surface area contributed by atoms with Gasteiger partial charge in [0.25, 0.3) is 16.7 Å². The van der Waals surface area contributed by atoms with Gasteiger partial charge in [-0.15, -0.1) is 12.3 Å². The van der Waals surface area contributed by atoms with Gasteiger partial charge in [-0.05, 0) is 33.3 Å². The number of alkyl halides is 46. The van der Waals surface area contributed by atoms with Crippen molar-refractivity contribution in [2.24, 2.45) is 0 Å². The van der Waals surface area contributed by atoms with Crippen LogP contribution in [0.15, 0.2) is 34.9 Å². The third-order valence-electron chi connectivity index (χ3n) is 11.6. The second-order valence-electron chi connectivity index (χ2n) is 16.9. The quantitative estimate of drug-likeness (QED) is 0.0448. The smallest absolute Gasteiger partial charge is 0.366 e. The predicted octanol–water partition coefficient (Wildman–Crippen LogP) is 18.8. The summed E-state index contributed by atoms with van der Waals surface area (Å²) in [5, 5.41) is -33.7. The average Bonchev–Trinajstić information content (AvgIpc) is 3.21. The molecule has 0 N–H and O–H groups in total. The molecule has 3 unspecified atom stereocenters. The number of rotatable bonds is 18. The molecule has 502 valence electrons. The topological polar surface area (TPSA) is 18.5 Å². The van der Waals surface area contributed by atoms with E-state index >= 15 is 79.0 Å². The summed E-state index contributed by atoms with van der Waals surface area (Å²) in [5.41, 5.74) is -30.4. The first-order valence-corrected chi connectivity index (χ1v) is 23.6. The fourth-order valence-corrected chi connectivity index (χ4v) is 15.7. The molecule has 85 heavy (non-hydrogen) atoms. The Labute approximate surface area is 439 Å². The molecule has 0 aromatic heterocycles. The van der Waals surface area contributed by atoms with Gasteiger partial charge in [-0.3, -0.25) is 0 Å². The fourth-order valence-electron chi connectivity index (χ4n) is 7.55. The number of hydrogen-bond donors (Lipinski definition) is 0. The van der Waals surface area contributed by atoms with Crippen molar-refractivity contribution in [2.75, 3.05) is 0 Å². The van der Waals surface area contributed by atoms with Crippen molar-refractivity contribution >= 4 is 16.6 Å². The molecule has 0 aromatic rings. The van der Waals surface area contributed by atoms with Crippen LogP contribution in [-0.2, 0) is 8.85 Å². The van der Waals surface area contributed by atoms with Crippen LogP contribution in [0.1, 0.15) is 40.5 Å². The molecule has 0 aromatic carbocycles. The van der Waals surface area contributed by atoms with Gasteiger partial charge in [-0.1, -0.05) is 29.4 Å². The third-order valence-corrected chi connectivity index (χ3v) is 20.5. The van der Waals surface area contributed by atoms with E-state index in [1.165, 1.54) is 10.3 Å². The molecule has 0 rings (SSSR count). The van der Waals surface area contributed by atoms with Crippen molar-refractivity contribution in [1.82, 2.24) is 0 Å². The van der Waals surface area contributed by atoms with Crippen molar-refractivity contribution in [3.05, 3.63) is 34.9 Å². The largest absolute Gasteiger partial charge is 0.469 e. The summed E-state index contributed by atoms with van der Waals surface area (Å²) in [6.07, 6.45) is -97.7. The van der Waals surface area contributed by atoms with Crippen LogP contribution in [-0.4, -0.2) is 135 Å². The van der Waals surface area contributed by atoms with Gasteiger partial charge in [0.1, 0.15) is 0 Å². The molecular weight excluding hydrogens is 1380 g/mol. The van der Waals surface area contributed by atoms with E-state index in [4.69, 9.17) is 6.42 Å². The van der Waals surface area contributed by atoms with Crippen molar-refractivity contribution < 1.29 is 211 Å². The second-order valence-corrected chi connectivity index (χ2v) is 23.9. The Balaban J connectivity index is 12.2. The number of hydrogen-bond acceptors (Lipinski definition) is 2. The Morgan fingerprint density at radius 3 is 0.953 bits per heavy atom. The van der Waals surface area contributed by atoms with Crippen LogP contribution in [0.3, 0.4) is 0 Å². The zero-order chi connectivity index (χ0) is 69.9. The lowest BCUT2D eigenvalue weighted by molar-refractivity contribution is -0.425. The van der Waals surface area contributed by atoms with E-state index in [2.05, 4.69) is 0 Å². The molecule has 0 saturated heterocycles. The molecule has 0 spiro atoms. The summed E-state index contributed by atoms with van der Waals surface area (Å²) in [6, 6.07) is 0. The van der Waals surface area contributed by atoms with Crippen molar-refractivity contribution in [3.63, 3.8) is 0 Å². The lowest BCUT2D eigenvalue weighted by atomic mass is 9.81. The van der Waals surface area contributed by atoms with Crippen LogP contribution < -0.4 is 0 Å². The Morgan fingerprint density at radius 1 is 0.400 bits per heavy atom. The molecular formula is C35H20F46O2Si2. The van der Waals surface area contributed by atoms with Gasteiger partial charge in [0.15, 0.2) is 0 Å². The summed E-state index contributed by atoms with van der Waals surface area (Å²) < 4.78 is 696. The Kier molecular flexibility index (Phi) is 20.8. The first kappa shape index (κ1) is 80.9. The average molecular weight is 1400 g/mol. The van der Waals surface area contributed by atoms with Crippen LogP contribution in [0, 0.1) is 12.3 Å². The molecule has 2 nitrogen and oxygen atoms in total. The van der Waals surface area contributed by atoms with E-state index < -0.39 is 196 Å². The van der Waals surface area contributed by atoms with E-state index in [1.54, 1.807) is 4.43 Å². The molecule has 0 fully saturated rings. The monoisotopic (exact) mass is 1400 g/mol. The Hall–Kier alpha value is -4.09. The van der Waals surface area contributed by atoms with Crippen LogP contribution in [0.25, 0.3) is 0 Å². The van der Waals surface area contributed by atoms with Gasteiger partial charge in [-0.2, -0.15) is 171 Å². The number of terminal acetylenes is 1.